The van der Waals surface area contributed by atoms with Crippen LogP contribution in [0.5, 0.6) is 0 Å². The molecule has 1 aromatic rings. The lowest BCUT2D eigenvalue weighted by Crippen LogP contribution is -2.35. The number of sulfonamides is 1. The van der Waals surface area contributed by atoms with E-state index >= 15 is 0 Å². The standard InChI is InChI=1S/C17H29NO3S/c1-6-15-7-9-16(10-8-15)17(13(2)3)18-22(19,20)12-11-21-14(4)5/h7-10,13-14,17-18H,6,11-12H2,1-5H3/t17-/m1/s1. The molecule has 0 aliphatic carbocycles. The van der Waals surface area contributed by atoms with Crippen LogP contribution in [0.2, 0.25) is 0 Å². The molecule has 126 valence electrons. The molecule has 0 saturated heterocycles. The summed E-state index contributed by atoms with van der Waals surface area (Å²) < 4.78 is 32.6. The van der Waals surface area contributed by atoms with Gasteiger partial charge in [-0.05, 0) is 37.3 Å². The Morgan fingerprint density at radius 1 is 1.09 bits per heavy atom. The molecular formula is C17H29NO3S. The molecule has 0 aromatic heterocycles. The average molecular weight is 327 g/mol. The van der Waals surface area contributed by atoms with Crippen LogP contribution in [-0.2, 0) is 21.2 Å². The first kappa shape index (κ1) is 19.1. The van der Waals surface area contributed by atoms with Crippen molar-refractivity contribution in [3.05, 3.63) is 35.4 Å². The van der Waals surface area contributed by atoms with Crippen LogP contribution in [0.1, 0.15) is 51.8 Å². The fourth-order valence-electron chi connectivity index (χ4n) is 2.20. The Balaban J connectivity index is 2.78. The summed E-state index contributed by atoms with van der Waals surface area (Å²) in [5.41, 5.74) is 2.25. The van der Waals surface area contributed by atoms with Gasteiger partial charge in [-0.15, -0.1) is 0 Å². The Kier molecular flexibility index (Phi) is 7.53. The first-order valence-corrected chi connectivity index (χ1v) is 9.60. The van der Waals surface area contributed by atoms with E-state index < -0.39 is 10.0 Å². The molecule has 22 heavy (non-hydrogen) atoms. The first-order valence-electron chi connectivity index (χ1n) is 7.95. The van der Waals surface area contributed by atoms with E-state index in [1.807, 2.05) is 39.8 Å². The van der Waals surface area contributed by atoms with Crippen molar-refractivity contribution in [2.75, 3.05) is 12.4 Å². The van der Waals surface area contributed by atoms with E-state index in [0.29, 0.717) is 0 Å². The Hall–Kier alpha value is -0.910. The molecule has 0 fully saturated rings. The lowest BCUT2D eigenvalue weighted by Gasteiger charge is -2.23. The SMILES string of the molecule is CCc1ccc([C@H](NS(=O)(=O)CCOC(C)C)C(C)C)cc1. The summed E-state index contributed by atoms with van der Waals surface area (Å²) in [6.07, 6.45) is 1.02. The molecule has 1 atom stereocenters. The predicted octanol–water partition coefficient (Wildman–Crippen LogP) is 3.29. The molecule has 0 spiro atoms. The van der Waals surface area contributed by atoms with Crippen molar-refractivity contribution in [2.45, 2.75) is 53.2 Å². The van der Waals surface area contributed by atoms with Crippen LogP contribution in [0.3, 0.4) is 0 Å². The number of rotatable bonds is 9. The van der Waals surface area contributed by atoms with E-state index in [1.165, 1.54) is 5.56 Å². The van der Waals surface area contributed by atoms with Crippen LogP contribution < -0.4 is 4.72 Å². The van der Waals surface area contributed by atoms with Crippen molar-refractivity contribution in [2.24, 2.45) is 5.92 Å². The van der Waals surface area contributed by atoms with Gasteiger partial charge >= 0.3 is 0 Å². The van der Waals surface area contributed by atoms with Gasteiger partial charge in [0.25, 0.3) is 0 Å². The summed E-state index contributed by atoms with van der Waals surface area (Å²) in [5, 5.41) is 0. The molecule has 0 radical (unpaired) electrons. The van der Waals surface area contributed by atoms with Gasteiger partial charge in [0.1, 0.15) is 0 Å². The molecule has 1 aromatic carbocycles. The molecule has 1 N–H and O–H groups in total. The number of aryl methyl sites for hydroxylation is 1. The highest BCUT2D eigenvalue weighted by Crippen LogP contribution is 2.23. The number of ether oxygens (including phenoxy) is 1. The predicted molar refractivity (Wildman–Crippen MR) is 91.4 cm³/mol. The number of hydrogen-bond acceptors (Lipinski definition) is 3. The molecule has 4 nitrogen and oxygen atoms in total. The maximum Gasteiger partial charge on any atom is 0.214 e. The third-order valence-electron chi connectivity index (χ3n) is 3.52. The van der Waals surface area contributed by atoms with Gasteiger partial charge in [-0.1, -0.05) is 45.0 Å². The van der Waals surface area contributed by atoms with Crippen LogP contribution in [0.4, 0.5) is 0 Å². The van der Waals surface area contributed by atoms with E-state index in [2.05, 4.69) is 23.8 Å². The molecule has 0 unspecified atom stereocenters. The van der Waals surface area contributed by atoms with Crippen molar-refractivity contribution in [1.29, 1.82) is 0 Å². The second-order valence-electron chi connectivity index (χ2n) is 6.17. The smallest absolute Gasteiger partial charge is 0.214 e. The van der Waals surface area contributed by atoms with Gasteiger partial charge in [0, 0.05) is 6.04 Å². The molecule has 0 aliphatic rings. The summed E-state index contributed by atoms with van der Waals surface area (Å²) in [6.45, 7) is 10.1. The molecule has 0 amide bonds. The van der Waals surface area contributed by atoms with Crippen LogP contribution in [-0.4, -0.2) is 26.9 Å². The monoisotopic (exact) mass is 327 g/mol. The van der Waals surface area contributed by atoms with Gasteiger partial charge in [0.15, 0.2) is 0 Å². The molecule has 0 aliphatic heterocycles. The summed E-state index contributed by atoms with van der Waals surface area (Å²) in [6, 6.07) is 7.92. The molecule has 5 heteroatoms. The second-order valence-corrected chi connectivity index (χ2v) is 8.05. The zero-order chi connectivity index (χ0) is 16.8. The molecule has 1 rings (SSSR count). The van der Waals surface area contributed by atoms with Crippen LogP contribution >= 0.6 is 0 Å². The second kappa shape index (κ2) is 8.65. The van der Waals surface area contributed by atoms with Gasteiger partial charge in [0.2, 0.25) is 10.0 Å². The van der Waals surface area contributed by atoms with Crippen molar-refractivity contribution in [3.8, 4) is 0 Å². The van der Waals surface area contributed by atoms with Crippen LogP contribution in [0.15, 0.2) is 24.3 Å². The maximum absolute atomic E-state index is 12.2. The number of hydrogen-bond donors (Lipinski definition) is 1. The lowest BCUT2D eigenvalue weighted by atomic mass is 9.96. The fourth-order valence-corrected chi connectivity index (χ4v) is 3.42. The topological polar surface area (TPSA) is 55.4 Å². The molecule has 0 heterocycles. The first-order chi connectivity index (χ1) is 10.2. The minimum absolute atomic E-state index is 0.0125. The molecule has 0 bridgehead atoms. The normalized spacial score (nSPS) is 13.8. The van der Waals surface area contributed by atoms with Gasteiger partial charge < -0.3 is 4.74 Å². The highest BCUT2D eigenvalue weighted by Gasteiger charge is 2.22. The third-order valence-corrected chi connectivity index (χ3v) is 4.84. The van der Waals surface area contributed by atoms with Crippen LogP contribution in [0, 0.1) is 5.92 Å². The lowest BCUT2D eigenvalue weighted by molar-refractivity contribution is 0.0911. The summed E-state index contributed by atoms with van der Waals surface area (Å²) in [4.78, 5) is 0. The van der Waals surface area contributed by atoms with Crippen LogP contribution in [0.25, 0.3) is 0 Å². The van der Waals surface area contributed by atoms with E-state index in [1.54, 1.807) is 0 Å². The van der Waals surface area contributed by atoms with Crippen molar-refractivity contribution >= 4 is 10.0 Å². The Morgan fingerprint density at radius 2 is 1.68 bits per heavy atom. The zero-order valence-corrected chi connectivity index (χ0v) is 15.1. The fraction of sp³-hybridized carbons (Fsp3) is 0.647. The summed E-state index contributed by atoms with van der Waals surface area (Å²) in [5.74, 6) is 0.162. The van der Waals surface area contributed by atoms with E-state index in [-0.39, 0.29) is 30.4 Å². The Morgan fingerprint density at radius 3 is 2.14 bits per heavy atom. The minimum atomic E-state index is -3.36. The minimum Gasteiger partial charge on any atom is -0.378 e. The number of nitrogens with one attached hydrogen (secondary N) is 1. The Labute approximate surface area is 135 Å². The van der Waals surface area contributed by atoms with Gasteiger partial charge in [0.05, 0.1) is 18.5 Å². The largest absolute Gasteiger partial charge is 0.378 e. The van der Waals surface area contributed by atoms with Gasteiger partial charge in [-0.25, -0.2) is 13.1 Å². The average Bonchev–Trinajstić information content (AvgIpc) is 2.44. The highest BCUT2D eigenvalue weighted by molar-refractivity contribution is 7.89. The number of benzene rings is 1. The third kappa shape index (κ3) is 6.46. The highest BCUT2D eigenvalue weighted by atomic mass is 32.2. The summed E-state index contributed by atoms with van der Waals surface area (Å²) in [7, 11) is -3.36. The van der Waals surface area contributed by atoms with Gasteiger partial charge in [-0.2, -0.15) is 0 Å². The maximum atomic E-state index is 12.2. The molecule has 0 saturated carbocycles. The van der Waals surface area contributed by atoms with Crippen molar-refractivity contribution < 1.29 is 13.2 Å². The van der Waals surface area contributed by atoms with E-state index in [4.69, 9.17) is 4.74 Å². The quantitative estimate of drug-likeness (QED) is 0.757. The van der Waals surface area contributed by atoms with E-state index in [0.717, 1.165) is 12.0 Å². The molecular weight excluding hydrogens is 298 g/mol. The zero-order valence-electron chi connectivity index (χ0n) is 14.3. The van der Waals surface area contributed by atoms with Crippen molar-refractivity contribution in [1.82, 2.24) is 4.72 Å². The summed E-state index contributed by atoms with van der Waals surface area (Å²) >= 11 is 0. The van der Waals surface area contributed by atoms with Gasteiger partial charge in [-0.3, -0.25) is 0 Å². The Bertz CT molecular complexity index is 536. The van der Waals surface area contributed by atoms with E-state index in [9.17, 15) is 8.42 Å². The van der Waals surface area contributed by atoms with Crippen molar-refractivity contribution in [3.63, 3.8) is 0 Å².